The van der Waals surface area contributed by atoms with E-state index in [1.165, 1.54) is 16.7 Å². The van der Waals surface area contributed by atoms with Gasteiger partial charge in [-0.15, -0.1) is 11.3 Å². The van der Waals surface area contributed by atoms with Crippen molar-refractivity contribution in [2.45, 2.75) is 19.9 Å². The summed E-state index contributed by atoms with van der Waals surface area (Å²) in [6.07, 6.45) is 0.345. The number of furan rings is 1. The van der Waals surface area contributed by atoms with E-state index in [9.17, 15) is 19.5 Å². The van der Waals surface area contributed by atoms with Crippen LogP contribution in [0.2, 0.25) is 0 Å². The monoisotopic (exact) mass is 424 g/mol. The van der Waals surface area contributed by atoms with Gasteiger partial charge in [0.1, 0.15) is 21.3 Å². The molecule has 4 aromatic rings. The molecule has 0 radical (unpaired) electrons. The summed E-state index contributed by atoms with van der Waals surface area (Å²) in [4.78, 5) is 41.0. The molecule has 0 unspecified atom stereocenters. The van der Waals surface area contributed by atoms with Gasteiger partial charge in [-0.3, -0.25) is 9.36 Å². The first kappa shape index (κ1) is 19.6. The molecule has 0 atom stereocenters. The fraction of sp³-hybridized carbons (Fsp3) is 0.143. The van der Waals surface area contributed by atoms with Crippen molar-refractivity contribution in [3.8, 4) is 0 Å². The zero-order valence-corrected chi connectivity index (χ0v) is 16.6. The van der Waals surface area contributed by atoms with Crippen molar-refractivity contribution in [1.82, 2.24) is 9.55 Å². The number of hydrogen-bond donors (Lipinski definition) is 2. The first-order valence-electron chi connectivity index (χ1n) is 8.97. The Balaban J connectivity index is 1.89. The zero-order chi connectivity index (χ0) is 21.4. The van der Waals surface area contributed by atoms with Crippen LogP contribution in [0.3, 0.4) is 0 Å². The average Bonchev–Trinajstić information content (AvgIpc) is 3.30. The lowest BCUT2D eigenvalue weighted by Crippen LogP contribution is -2.26. The third kappa shape index (κ3) is 3.50. The molecule has 1 aromatic carbocycles. The highest BCUT2D eigenvalue weighted by Gasteiger charge is 2.22. The first-order chi connectivity index (χ1) is 14.3. The zero-order valence-electron chi connectivity index (χ0n) is 15.8. The second-order valence-corrected chi connectivity index (χ2v) is 7.69. The minimum absolute atomic E-state index is 0.0189. The number of carboxylic acid groups (broad SMARTS) is 2. The maximum Gasteiger partial charge on any atom is 0.371 e. The number of aromatic carboxylic acids is 2. The van der Waals surface area contributed by atoms with Gasteiger partial charge in [0, 0.05) is 6.42 Å². The number of hydrogen-bond acceptors (Lipinski definition) is 6. The van der Waals surface area contributed by atoms with E-state index in [1.54, 1.807) is 6.92 Å². The lowest BCUT2D eigenvalue weighted by Gasteiger charge is -2.12. The SMILES string of the molecule is Cc1c(C(=O)O)sc2nc(Cc3ccccc3)n(Cc3ccc(C(=O)O)o3)c(=O)c12. The largest absolute Gasteiger partial charge is 0.477 e. The molecule has 0 saturated heterocycles. The summed E-state index contributed by atoms with van der Waals surface area (Å²) in [6, 6.07) is 12.3. The minimum atomic E-state index is -1.20. The van der Waals surface area contributed by atoms with Crippen molar-refractivity contribution in [1.29, 1.82) is 0 Å². The van der Waals surface area contributed by atoms with Gasteiger partial charge in [0.2, 0.25) is 5.76 Å². The number of aromatic nitrogens is 2. The quantitative estimate of drug-likeness (QED) is 0.486. The van der Waals surface area contributed by atoms with Crippen molar-refractivity contribution in [3.63, 3.8) is 0 Å². The number of aryl methyl sites for hydroxylation is 1. The molecule has 3 heterocycles. The summed E-state index contributed by atoms with van der Waals surface area (Å²) in [5.74, 6) is -1.81. The number of benzene rings is 1. The van der Waals surface area contributed by atoms with Crippen LogP contribution >= 0.6 is 11.3 Å². The molecule has 152 valence electrons. The molecule has 0 amide bonds. The van der Waals surface area contributed by atoms with E-state index in [0.29, 0.717) is 22.6 Å². The molecule has 0 aliphatic carbocycles. The molecule has 8 nitrogen and oxygen atoms in total. The smallest absolute Gasteiger partial charge is 0.371 e. The van der Waals surface area contributed by atoms with E-state index in [2.05, 4.69) is 4.98 Å². The molecule has 2 N–H and O–H groups in total. The molecule has 0 spiro atoms. The van der Waals surface area contributed by atoms with Crippen LogP contribution < -0.4 is 5.56 Å². The molecule has 0 bridgehead atoms. The third-order valence-electron chi connectivity index (χ3n) is 4.72. The number of fused-ring (bicyclic) bond motifs is 1. The van der Waals surface area contributed by atoms with Gasteiger partial charge in [-0.1, -0.05) is 30.3 Å². The average molecular weight is 424 g/mol. The Morgan fingerprint density at radius 3 is 2.47 bits per heavy atom. The summed E-state index contributed by atoms with van der Waals surface area (Å²) < 4.78 is 6.72. The number of thiophene rings is 1. The van der Waals surface area contributed by atoms with Crippen LogP contribution in [0, 0.1) is 6.92 Å². The molecular weight excluding hydrogens is 408 g/mol. The predicted molar refractivity (Wildman–Crippen MR) is 110 cm³/mol. The van der Waals surface area contributed by atoms with Crippen LogP contribution in [0.1, 0.15) is 42.9 Å². The lowest BCUT2D eigenvalue weighted by molar-refractivity contribution is 0.0657. The van der Waals surface area contributed by atoms with E-state index >= 15 is 0 Å². The van der Waals surface area contributed by atoms with Crippen LogP contribution in [0.15, 0.2) is 51.7 Å². The van der Waals surface area contributed by atoms with E-state index in [1.807, 2.05) is 30.3 Å². The molecule has 0 aliphatic heterocycles. The molecule has 0 fully saturated rings. The number of nitrogens with zero attached hydrogens (tertiary/aromatic N) is 2. The van der Waals surface area contributed by atoms with Gasteiger partial charge in [-0.2, -0.15) is 0 Å². The Labute approximate surface area is 173 Å². The molecule has 4 rings (SSSR count). The highest BCUT2D eigenvalue weighted by molar-refractivity contribution is 7.20. The maximum absolute atomic E-state index is 13.3. The van der Waals surface area contributed by atoms with Gasteiger partial charge >= 0.3 is 11.9 Å². The van der Waals surface area contributed by atoms with E-state index in [0.717, 1.165) is 16.9 Å². The lowest BCUT2D eigenvalue weighted by atomic mass is 10.1. The van der Waals surface area contributed by atoms with Gasteiger partial charge in [0.25, 0.3) is 5.56 Å². The molecule has 3 aromatic heterocycles. The van der Waals surface area contributed by atoms with E-state index in [-0.39, 0.29) is 33.9 Å². The van der Waals surface area contributed by atoms with Crippen LogP contribution in [0.5, 0.6) is 0 Å². The number of carbonyl (C=O) groups is 2. The third-order valence-corrected chi connectivity index (χ3v) is 5.89. The Bertz CT molecular complexity index is 1330. The Hall–Kier alpha value is -3.72. The van der Waals surface area contributed by atoms with Crippen molar-refractivity contribution in [3.05, 3.63) is 86.2 Å². The second-order valence-electron chi connectivity index (χ2n) is 6.69. The maximum atomic E-state index is 13.3. The van der Waals surface area contributed by atoms with Gasteiger partial charge in [-0.25, -0.2) is 14.6 Å². The van der Waals surface area contributed by atoms with Gasteiger partial charge in [-0.05, 0) is 30.2 Å². The standard InChI is InChI=1S/C21H16N2O6S/c1-11-16-18(30-17(11)21(27)28)22-15(9-12-5-3-2-4-6-12)23(19(16)24)10-13-7-8-14(29-13)20(25)26/h2-8H,9-10H2,1H3,(H,25,26)(H,27,28). The fourth-order valence-corrected chi connectivity index (χ4v) is 4.30. The highest BCUT2D eigenvalue weighted by Crippen LogP contribution is 2.28. The normalized spacial score (nSPS) is 11.1. The Morgan fingerprint density at radius 2 is 1.83 bits per heavy atom. The van der Waals surface area contributed by atoms with E-state index < -0.39 is 11.9 Å². The fourth-order valence-electron chi connectivity index (χ4n) is 3.27. The van der Waals surface area contributed by atoms with Crippen molar-refractivity contribution in [2.24, 2.45) is 0 Å². The molecular formula is C21H16N2O6S. The van der Waals surface area contributed by atoms with Crippen LogP contribution in [0.25, 0.3) is 10.2 Å². The summed E-state index contributed by atoms with van der Waals surface area (Å²) in [5.41, 5.74) is 0.904. The Morgan fingerprint density at radius 1 is 1.10 bits per heavy atom. The Kier molecular flexibility index (Phi) is 4.96. The number of carboxylic acids is 2. The molecule has 0 saturated carbocycles. The van der Waals surface area contributed by atoms with Crippen molar-refractivity contribution < 1.29 is 24.2 Å². The predicted octanol–water partition coefficient (Wildman–Crippen LogP) is 3.39. The summed E-state index contributed by atoms with van der Waals surface area (Å²) >= 11 is 0.969. The van der Waals surface area contributed by atoms with Gasteiger partial charge < -0.3 is 14.6 Å². The minimum Gasteiger partial charge on any atom is -0.477 e. The second kappa shape index (κ2) is 7.60. The van der Waals surface area contributed by atoms with Crippen molar-refractivity contribution >= 4 is 33.5 Å². The topological polar surface area (TPSA) is 123 Å². The van der Waals surface area contributed by atoms with Crippen molar-refractivity contribution in [2.75, 3.05) is 0 Å². The summed E-state index contributed by atoms with van der Waals surface area (Å²) in [5, 5.41) is 18.7. The van der Waals surface area contributed by atoms with Crippen LogP contribution in [0.4, 0.5) is 0 Å². The first-order valence-corrected chi connectivity index (χ1v) is 9.79. The van der Waals surface area contributed by atoms with Gasteiger partial charge in [0.05, 0.1) is 11.9 Å². The van der Waals surface area contributed by atoms with Crippen LogP contribution in [-0.4, -0.2) is 31.7 Å². The van der Waals surface area contributed by atoms with Crippen LogP contribution in [-0.2, 0) is 13.0 Å². The molecule has 9 heteroatoms. The number of rotatable bonds is 6. The van der Waals surface area contributed by atoms with E-state index in [4.69, 9.17) is 9.52 Å². The molecule has 30 heavy (non-hydrogen) atoms. The molecule has 0 aliphatic rings. The summed E-state index contributed by atoms with van der Waals surface area (Å²) in [7, 11) is 0. The highest BCUT2D eigenvalue weighted by atomic mass is 32.1. The van der Waals surface area contributed by atoms with Gasteiger partial charge in [0.15, 0.2) is 0 Å². The summed E-state index contributed by atoms with van der Waals surface area (Å²) in [6.45, 7) is 1.57.